The Balaban J connectivity index is 1.73. The molecule has 0 atom stereocenters. The van der Waals surface area contributed by atoms with E-state index >= 15 is 0 Å². The van der Waals surface area contributed by atoms with E-state index in [-0.39, 0.29) is 0 Å². The maximum absolute atomic E-state index is 5.47. The fourth-order valence-electron chi connectivity index (χ4n) is 5.42. The summed E-state index contributed by atoms with van der Waals surface area (Å²) in [5.41, 5.74) is 4.97. The lowest BCUT2D eigenvalue weighted by molar-refractivity contribution is 0.415. The molecule has 0 fully saturated rings. The molecular weight excluding hydrogens is 444 g/mol. The van der Waals surface area contributed by atoms with Gasteiger partial charge in [0.15, 0.2) is 0 Å². The summed E-state index contributed by atoms with van der Waals surface area (Å²) in [4.78, 5) is 0. The number of hydrogen-bond donors (Lipinski definition) is 0. The lowest BCUT2D eigenvalue weighted by atomic mass is 9.84. The number of ether oxygens (including phenoxy) is 1. The molecule has 0 amide bonds. The van der Waals surface area contributed by atoms with E-state index in [2.05, 4.69) is 115 Å². The molecule has 35 heavy (non-hydrogen) atoms. The van der Waals surface area contributed by atoms with Gasteiger partial charge in [-0.15, -0.1) is 11.3 Å². The molecule has 1 nitrogen and oxygen atoms in total. The van der Waals surface area contributed by atoms with Gasteiger partial charge in [0.1, 0.15) is 5.75 Å². The number of fused-ring (bicyclic) bond motifs is 7. The molecule has 0 bridgehead atoms. The van der Waals surface area contributed by atoms with Crippen LogP contribution in [-0.2, 0) is 0 Å². The van der Waals surface area contributed by atoms with Crippen LogP contribution in [0.2, 0.25) is 0 Å². The van der Waals surface area contributed by atoms with Crippen LogP contribution in [0.1, 0.15) is 0 Å². The maximum Gasteiger partial charge on any atom is 0.118 e. The molecular formula is C33H22OS. The zero-order valence-corrected chi connectivity index (χ0v) is 20.1. The average molecular weight is 467 g/mol. The predicted molar refractivity (Wildman–Crippen MR) is 152 cm³/mol. The van der Waals surface area contributed by atoms with Gasteiger partial charge in [-0.05, 0) is 56.6 Å². The Hall–Kier alpha value is -4.14. The predicted octanol–water partition coefficient (Wildman–Crippen LogP) is 9.70. The molecule has 0 spiro atoms. The number of benzene rings is 6. The van der Waals surface area contributed by atoms with Gasteiger partial charge in [-0.2, -0.15) is 0 Å². The average Bonchev–Trinajstić information content (AvgIpc) is 3.31. The second-order valence-electron chi connectivity index (χ2n) is 8.85. The van der Waals surface area contributed by atoms with Crippen LogP contribution >= 0.6 is 11.3 Å². The first-order valence-corrected chi connectivity index (χ1v) is 12.6. The Bertz CT molecular complexity index is 1860. The number of hydrogen-bond acceptors (Lipinski definition) is 2. The summed E-state index contributed by atoms with van der Waals surface area (Å²) in [7, 11) is 1.72. The molecule has 0 aliphatic carbocycles. The van der Waals surface area contributed by atoms with Gasteiger partial charge in [-0.3, -0.25) is 0 Å². The van der Waals surface area contributed by atoms with Crippen LogP contribution < -0.4 is 4.74 Å². The van der Waals surface area contributed by atoms with Crippen molar-refractivity contribution >= 4 is 53.1 Å². The van der Waals surface area contributed by atoms with E-state index in [1.165, 1.54) is 64.0 Å². The molecule has 0 unspecified atom stereocenters. The van der Waals surface area contributed by atoms with E-state index in [1.54, 1.807) is 7.11 Å². The number of rotatable bonds is 3. The molecule has 0 N–H and O–H groups in total. The van der Waals surface area contributed by atoms with E-state index in [4.69, 9.17) is 4.74 Å². The highest BCUT2D eigenvalue weighted by atomic mass is 32.1. The molecule has 1 heterocycles. The first kappa shape index (κ1) is 20.3. The molecule has 0 aliphatic heterocycles. The molecule has 0 radical (unpaired) electrons. The molecule has 0 aliphatic rings. The summed E-state index contributed by atoms with van der Waals surface area (Å²) in [5, 5.41) is 7.86. The minimum atomic E-state index is 0.868. The number of methoxy groups -OCH3 is 1. The minimum absolute atomic E-state index is 0.868. The fourth-order valence-corrected chi connectivity index (χ4v) is 6.68. The van der Waals surface area contributed by atoms with Gasteiger partial charge in [-0.1, -0.05) is 97.1 Å². The van der Waals surface area contributed by atoms with Crippen LogP contribution in [0.15, 0.2) is 115 Å². The molecule has 1 aromatic heterocycles. The van der Waals surface area contributed by atoms with Crippen LogP contribution in [0.5, 0.6) is 5.75 Å². The fraction of sp³-hybridized carbons (Fsp3) is 0.0303. The molecule has 166 valence electrons. The van der Waals surface area contributed by atoms with Crippen LogP contribution in [0.25, 0.3) is 64.0 Å². The van der Waals surface area contributed by atoms with E-state index in [1.807, 2.05) is 11.3 Å². The third-order valence-electron chi connectivity index (χ3n) is 6.97. The monoisotopic (exact) mass is 466 g/mol. The van der Waals surface area contributed by atoms with Crippen LogP contribution in [0, 0.1) is 0 Å². The van der Waals surface area contributed by atoms with Crippen molar-refractivity contribution in [3.8, 4) is 28.0 Å². The van der Waals surface area contributed by atoms with Crippen molar-refractivity contribution in [3.05, 3.63) is 115 Å². The summed E-state index contributed by atoms with van der Waals surface area (Å²) in [6.07, 6.45) is 0. The van der Waals surface area contributed by atoms with Crippen molar-refractivity contribution in [1.82, 2.24) is 0 Å². The zero-order chi connectivity index (χ0) is 23.4. The van der Waals surface area contributed by atoms with Crippen molar-refractivity contribution < 1.29 is 4.74 Å². The van der Waals surface area contributed by atoms with E-state index in [9.17, 15) is 0 Å². The highest BCUT2D eigenvalue weighted by Crippen LogP contribution is 2.48. The Labute approximate surface area is 207 Å². The van der Waals surface area contributed by atoms with Crippen LogP contribution in [0.4, 0.5) is 0 Å². The Morgan fingerprint density at radius 2 is 1.09 bits per heavy atom. The van der Waals surface area contributed by atoms with Crippen molar-refractivity contribution in [1.29, 1.82) is 0 Å². The van der Waals surface area contributed by atoms with E-state index < -0.39 is 0 Å². The van der Waals surface area contributed by atoms with Gasteiger partial charge in [-0.25, -0.2) is 0 Å². The van der Waals surface area contributed by atoms with Gasteiger partial charge < -0.3 is 4.74 Å². The smallest absolute Gasteiger partial charge is 0.118 e. The summed E-state index contributed by atoms with van der Waals surface area (Å²) in [6, 6.07) is 41.5. The summed E-state index contributed by atoms with van der Waals surface area (Å²) >= 11 is 1.90. The van der Waals surface area contributed by atoms with Crippen molar-refractivity contribution in [3.63, 3.8) is 0 Å². The van der Waals surface area contributed by atoms with Gasteiger partial charge >= 0.3 is 0 Å². The van der Waals surface area contributed by atoms with Gasteiger partial charge in [0, 0.05) is 25.6 Å². The first-order chi connectivity index (χ1) is 17.3. The largest absolute Gasteiger partial charge is 0.497 e. The van der Waals surface area contributed by atoms with Gasteiger partial charge in [0.25, 0.3) is 0 Å². The molecule has 7 aromatic rings. The summed E-state index contributed by atoms with van der Waals surface area (Å²) in [6.45, 7) is 0. The van der Waals surface area contributed by atoms with Crippen molar-refractivity contribution in [2.24, 2.45) is 0 Å². The molecule has 7 rings (SSSR count). The van der Waals surface area contributed by atoms with Gasteiger partial charge in [0.05, 0.1) is 7.11 Å². The third-order valence-corrected chi connectivity index (χ3v) is 8.18. The SMILES string of the molecule is COc1ccc(-c2c(-c3ccccc3)c3ccccc3c3c2ccc2c4ccccc4sc23)cc1. The lowest BCUT2D eigenvalue weighted by Crippen LogP contribution is -1.92. The minimum Gasteiger partial charge on any atom is -0.497 e. The second kappa shape index (κ2) is 7.97. The first-order valence-electron chi connectivity index (χ1n) is 11.8. The summed E-state index contributed by atoms with van der Waals surface area (Å²) in [5.74, 6) is 0.868. The third kappa shape index (κ3) is 3.07. The second-order valence-corrected chi connectivity index (χ2v) is 9.91. The molecule has 0 saturated carbocycles. The van der Waals surface area contributed by atoms with Gasteiger partial charge in [0.2, 0.25) is 0 Å². The van der Waals surface area contributed by atoms with Crippen LogP contribution in [-0.4, -0.2) is 7.11 Å². The topological polar surface area (TPSA) is 9.23 Å². The Kier molecular flexibility index (Phi) is 4.61. The Morgan fingerprint density at radius 3 is 1.86 bits per heavy atom. The lowest BCUT2D eigenvalue weighted by Gasteiger charge is -2.19. The van der Waals surface area contributed by atoms with Crippen molar-refractivity contribution in [2.75, 3.05) is 7.11 Å². The van der Waals surface area contributed by atoms with Crippen molar-refractivity contribution in [2.45, 2.75) is 0 Å². The Morgan fingerprint density at radius 1 is 0.486 bits per heavy atom. The van der Waals surface area contributed by atoms with E-state index in [0.717, 1.165) is 5.75 Å². The molecule has 6 aromatic carbocycles. The highest BCUT2D eigenvalue weighted by Gasteiger charge is 2.20. The summed E-state index contributed by atoms with van der Waals surface area (Å²) < 4.78 is 8.16. The highest BCUT2D eigenvalue weighted by molar-refractivity contribution is 7.26. The van der Waals surface area contributed by atoms with E-state index in [0.29, 0.717) is 0 Å². The molecule has 0 saturated heterocycles. The van der Waals surface area contributed by atoms with Crippen LogP contribution in [0.3, 0.4) is 0 Å². The quantitative estimate of drug-likeness (QED) is 0.236. The standard InChI is InChI=1S/C33H22OS/c1-34-23-17-15-22(16-18-23)31-28-20-19-27-24-11-7-8-14-29(24)35-33(27)32(28)26-13-6-5-12-25(26)30(31)21-9-3-2-4-10-21/h2-20H,1H3. The maximum atomic E-state index is 5.47. The zero-order valence-electron chi connectivity index (χ0n) is 19.3. The number of thiophene rings is 1. The normalized spacial score (nSPS) is 11.6. The molecule has 2 heteroatoms.